The van der Waals surface area contributed by atoms with Crippen LogP contribution in [0.3, 0.4) is 0 Å². The van der Waals surface area contributed by atoms with E-state index in [9.17, 15) is 0 Å². The number of aromatic nitrogens is 1. The summed E-state index contributed by atoms with van der Waals surface area (Å²) in [5.74, 6) is 0. The lowest BCUT2D eigenvalue weighted by atomic mass is 10.2. The monoisotopic (exact) mass is 251 g/mol. The summed E-state index contributed by atoms with van der Waals surface area (Å²) in [6, 6.07) is 6.52. The summed E-state index contributed by atoms with van der Waals surface area (Å²) in [5, 5.41) is 3.37. The SMILES string of the molecule is CCNCC(COC)N(C)Cc1cccc(C)n1. The van der Waals surface area contributed by atoms with Crippen LogP contribution in [0.25, 0.3) is 0 Å². The van der Waals surface area contributed by atoms with E-state index in [1.54, 1.807) is 7.11 Å². The van der Waals surface area contributed by atoms with E-state index in [-0.39, 0.29) is 0 Å². The first-order valence-corrected chi connectivity index (χ1v) is 6.49. The maximum atomic E-state index is 5.28. The zero-order valence-electron chi connectivity index (χ0n) is 11.9. The topological polar surface area (TPSA) is 37.4 Å². The largest absolute Gasteiger partial charge is 0.383 e. The van der Waals surface area contributed by atoms with Crippen LogP contribution >= 0.6 is 0 Å². The van der Waals surface area contributed by atoms with Gasteiger partial charge in [0.15, 0.2) is 0 Å². The molecule has 1 aromatic rings. The van der Waals surface area contributed by atoms with Gasteiger partial charge in [-0.05, 0) is 32.6 Å². The quantitative estimate of drug-likeness (QED) is 0.759. The molecule has 4 heteroatoms. The highest BCUT2D eigenvalue weighted by Gasteiger charge is 2.14. The predicted octanol–water partition coefficient (Wildman–Crippen LogP) is 1.45. The molecular weight excluding hydrogens is 226 g/mol. The molecule has 0 radical (unpaired) electrons. The van der Waals surface area contributed by atoms with E-state index in [0.717, 1.165) is 37.6 Å². The number of hydrogen-bond donors (Lipinski definition) is 1. The smallest absolute Gasteiger partial charge is 0.0630 e. The molecule has 0 aromatic carbocycles. The Hall–Kier alpha value is -0.970. The van der Waals surface area contributed by atoms with Crippen molar-refractivity contribution in [1.82, 2.24) is 15.2 Å². The molecule has 1 heterocycles. The molecule has 0 saturated carbocycles. The first-order chi connectivity index (χ1) is 8.67. The second-order valence-corrected chi connectivity index (χ2v) is 4.60. The van der Waals surface area contributed by atoms with E-state index in [1.165, 1.54) is 0 Å². The molecule has 0 aliphatic rings. The Morgan fingerprint density at radius 2 is 2.22 bits per heavy atom. The van der Waals surface area contributed by atoms with Crippen molar-refractivity contribution in [3.8, 4) is 0 Å². The number of ether oxygens (including phenoxy) is 1. The van der Waals surface area contributed by atoms with Crippen molar-refractivity contribution in [2.24, 2.45) is 0 Å². The maximum Gasteiger partial charge on any atom is 0.0630 e. The van der Waals surface area contributed by atoms with Gasteiger partial charge in [-0.1, -0.05) is 13.0 Å². The molecule has 0 fully saturated rings. The summed E-state index contributed by atoms with van der Waals surface area (Å²) in [7, 11) is 3.86. The number of aryl methyl sites for hydroxylation is 1. The third kappa shape index (κ3) is 5.12. The van der Waals surface area contributed by atoms with Crippen LogP contribution in [-0.2, 0) is 11.3 Å². The Kier molecular flexibility index (Phi) is 6.86. The second kappa shape index (κ2) is 8.19. The Labute approximate surface area is 110 Å². The van der Waals surface area contributed by atoms with Gasteiger partial charge in [0.25, 0.3) is 0 Å². The standard InChI is InChI=1S/C14H25N3O/c1-5-15-9-14(11-18-4)17(3)10-13-8-6-7-12(2)16-13/h6-8,14-15H,5,9-11H2,1-4H3. The van der Waals surface area contributed by atoms with Crippen molar-refractivity contribution >= 4 is 0 Å². The van der Waals surface area contributed by atoms with Gasteiger partial charge in [0.05, 0.1) is 12.3 Å². The number of hydrogen-bond acceptors (Lipinski definition) is 4. The third-order valence-electron chi connectivity index (χ3n) is 2.97. The van der Waals surface area contributed by atoms with Crippen molar-refractivity contribution in [3.63, 3.8) is 0 Å². The van der Waals surface area contributed by atoms with Crippen LogP contribution in [0.1, 0.15) is 18.3 Å². The Balaban J connectivity index is 2.56. The van der Waals surface area contributed by atoms with Gasteiger partial charge < -0.3 is 10.1 Å². The summed E-state index contributed by atoms with van der Waals surface area (Å²) in [6.45, 7) is 7.64. The fourth-order valence-electron chi connectivity index (χ4n) is 1.92. The number of rotatable bonds is 8. The number of methoxy groups -OCH3 is 1. The van der Waals surface area contributed by atoms with Gasteiger partial charge in [0, 0.05) is 31.9 Å². The molecule has 0 bridgehead atoms. The lowest BCUT2D eigenvalue weighted by Gasteiger charge is -2.27. The fraction of sp³-hybridized carbons (Fsp3) is 0.643. The molecule has 102 valence electrons. The summed E-state index contributed by atoms with van der Waals surface area (Å²) >= 11 is 0. The summed E-state index contributed by atoms with van der Waals surface area (Å²) in [4.78, 5) is 6.82. The summed E-state index contributed by atoms with van der Waals surface area (Å²) in [6.07, 6.45) is 0. The fourth-order valence-corrected chi connectivity index (χ4v) is 1.92. The minimum absolute atomic E-state index is 0.372. The van der Waals surface area contributed by atoms with Crippen LogP contribution in [0.2, 0.25) is 0 Å². The average molecular weight is 251 g/mol. The molecule has 1 aromatic heterocycles. The zero-order valence-corrected chi connectivity index (χ0v) is 11.9. The molecule has 18 heavy (non-hydrogen) atoms. The maximum absolute atomic E-state index is 5.28. The van der Waals surface area contributed by atoms with Gasteiger partial charge in [-0.25, -0.2) is 0 Å². The molecule has 4 nitrogen and oxygen atoms in total. The van der Waals surface area contributed by atoms with Gasteiger partial charge in [-0.3, -0.25) is 9.88 Å². The normalized spacial score (nSPS) is 12.9. The highest BCUT2D eigenvalue weighted by Crippen LogP contribution is 2.05. The van der Waals surface area contributed by atoms with Gasteiger partial charge in [-0.15, -0.1) is 0 Å². The molecule has 0 saturated heterocycles. The molecule has 1 rings (SSSR count). The molecular formula is C14H25N3O. The first kappa shape index (κ1) is 15.1. The van der Waals surface area contributed by atoms with Crippen LogP contribution in [0.5, 0.6) is 0 Å². The van der Waals surface area contributed by atoms with E-state index < -0.39 is 0 Å². The lowest BCUT2D eigenvalue weighted by molar-refractivity contribution is 0.101. The third-order valence-corrected chi connectivity index (χ3v) is 2.97. The molecule has 0 amide bonds. The Morgan fingerprint density at radius 3 is 2.83 bits per heavy atom. The van der Waals surface area contributed by atoms with E-state index in [2.05, 4.69) is 41.3 Å². The highest BCUT2D eigenvalue weighted by atomic mass is 16.5. The zero-order chi connectivity index (χ0) is 13.4. The number of nitrogens with zero attached hydrogens (tertiary/aromatic N) is 2. The van der Waals surface area contributed by atoms with Crippen LogP contribution in [-0.4, -0.2) is 49.8 Å². The minimum Gasteiger partial charge on any atom is -0.383 e. The highest BCUT2D eigenvalue weighted by molar-refractivity contribution is 5.09. The Morgan fingerprint density at radius 1 is 1.44 bits per heavy atom. The van der Waals surface area contributed by atoms with Crippen molar-refractivity contribution in [2.75, 3.05) is 33.9 Å². The first-order valence-electron chi connectivity index (χ1n) is 6.49. The average Bonchev–Trinajstić information content (AvgIpc) is 2.34. The molecule has 1 atom stereocenters. The molecule has 0 spiro atoms. The second-order valence-electron chi connectivity index (χ2n) is 4.60. The molecule has 0 aliphatic carbocycles. The van der Waals surface area contributed by atoms with Gasteiger partial charge in [0.1, 0.15) is 0 Å². The van der Waals surface area contributed by atoms with Crippen LogP contribution in [0.15, 0.2) is 18.2 Å². The van der Waals surface area contributed by atoms with Crippen molar-refractivity contribution in [2.45, 2.75) is 26.4 Å². The van der Waals surface area contributed by atoms with Gasteiger partial charge in [-0.2, -0.15) is 0 Å². The van der Waals surface area contributed by atoms with Crippen LogP contribution < -0.4 is 5.32 Å². The number of pyridine rings is 1. The predicted molar refractivity (Wildman–Crippen MR) is 74.6 cm³/mol. The Bertz CT molecular complexity index is 344. The lowest BCUT2D eigenvalue weighted by Crippen LogP contribution is -2.42. The minimum atomic E-state index is 0.372. The van der Waals surface area contributed by atoms with Crippen molar-refractivity contribution < 1.29 is 4.74 Å². The molecule has 1 unspecified atom stereocenters. The summed E-state index contributed by atoms with van der Waals surface area (Å²) < 4.78 is 5.28. The van der Waals surface area contributed by atoms with Gasteiger partial charge in [0.2, 0.25) is 0 Å². The number of nitrogens with one attached hydrogen (secondary N) is 1. The van der Waals surface area contributed by atoms with Crippen LogP contribution in [0, 0.1) is 6.92 Å². The van der Waals surface area contributed by atoms with E-state index in [1.807, 2.05) is 13.0 Å². The van der Waals surface area contributed by atoms with E-state index in [4.69, 9.17) is 4.74 Å². The van der Waals surface area contributed by atoms with Gasteiger partial charge >= 0.3 is 0 Å². The van der Waals surface area contributed by atoms with E-state index >= 15 is 0 Å². The molecule has 1 N–H and O–H groups in total. The van der Waals surface area contributed by atoms with Crippen molar-refractivity contribution in [1.29, 1.82) is 0 Å². The van der Waals surface area contributed by atoms with E-state index in [0.29, 0.717) is 6.04 Å². The van der Waals surface area contributed by atoms with Crippen molar-refractivity contribution in [3.05, 3.63) is 29.6 Å². The van der Waals surface area contributed by atoms with Crippen LogP contribution in [0.4, 0.5) is 0 Å². The number of likely N-dealkylation sites (N-methyl/N-ethyl adjacent to an activating group) is 2. The molecule has 0 aliphatic heterocycles. The summed E-state index contributed by atoms with van der Waals surface area (Å²) in [5.41, 5.74) is 2.17.